The van der Waals surface area contributed by atoms with Gasteiger partial charge in [0.05, 0.1) is 11.4 Å². The van der Waals surface area contributed by atoms with E-state index in [0.717, 1.165) is 55.5 Å². The van der Waals surface area contributed by atoms with E-state index in [1.54, 1.807) is 12.3 Å². The maximum atomic E-state index is 12.5. The molecule has 0 atom stereocenters. The summed E-state index contributed by atoms with van der Waals surface area (Å²) in [5.41, 5.74) is 2.91. The molecule has 1 N–H and O–H groups in total. The Labute approximate surface area is 227 Å². The van der Waals surface area contributed by atoms with Gasteiger partial charge < -0.3 is 19.5 Å². The number of piperazine rings is 1. The van der Waals surface area contributed by atoms with Gasteiger partial charge >= 0.3 is 0 Å². The lowest BCUT2D eigenvalue weighted by atomic mass is 10.1. The number of benzene rings is 1. The number of aromatic nitrogens is 3. The third kappa shape index (κ3) is 6.79. The normalized spacial score (nSPS) is 14.0. The summed E-state index contributed by atoms with van der Waals surface area (Å²) in [4.78, 5) is 31.3. The van der Waals surface area contributed by atoms with Crippen molar-refractivity contribution in [1.29, 1.82) is 0 Å². The zero-order valence-electron chi connectivity index (χ0n) is 21.5. The van der Waals surface area contributed by atoms with E-state index in [2.05, 4.69) is 45.2 Å². The van der Waals surface area contributed by atoms with Crippen LogP contribution >= 0.6 is 11.8 Å². The number of furan rings is 1. The van der Waals surface area contributed by atoms with E-state index in [1.807, 2.05) is 42.5 Å². The van der Waals surface area contributed by atoms with Gasteiger partial charge in [-0.15, -0.1) is 0 Å². The number of anilines is 1. The Morgan fingerprint density at radius 2 is 1.82 bits per heavy atom. The molecule has 4 aromatic rings. The molecule has 8 nitrogen and oxygen atoms in total. The summed E-state index contributed by atoms with van der Waals surface area (Å²) in [5.74, 6) is 2.26. The van der Waals surface area contributed by atoms with Gasteiger partial charge in [-0.25, -0.2) is 9.97 Å². The molecule has 9 heteroatoms. The van der Waals surface area contributed by atoms with Crippen LogP contribution in [0.4, 0.5) is 5.82 Å². The van der Waals surface area contributed by atoms with Gasteiger partial charge in [0.25, 0.3) is 5.91 Å². The SMILES string of the molecule is CCN1CCN(c2cc(-c3ccccc3)nc(SCc3ccc(C(=O)NCCc4ccccn4)o3)n2)CC1. The first-order chi connectivity index (χ1) is 18.7. The monoisotopic (exact) mass is 528 g/mol. The predicted molar refractivity (Wildman–Crippen MR) is 150 cm³/mol. The molecular weight excluding hydrogens is 496 g/mol. The highest BCUT2D eigenvalue weighted by atomic mass is 32.2. The van der Waals surface area contributed by atoms with Crippen LogP contribution in [0.3, 0.4) is 0 Å². The molecule has 38 heavy (non-hydrogen) atoms. The smallest absolute Gasteiger partial charge is 0.287 e. The minimum absolute atomic E-state index is 0.229. The van der Waals surface area contributed by atoms with Gasteiger partial charge in [-0.3, -0.25) is 9.78 Å². The first-order valence-corrected chi connectivity index (χ1v) is 14.0. The third-order valence-corrected chi connectivity index (χ3v) is 7.40. The largest absolute Gasteiger partial charge is 0.455 e. The Bertz CT molecular complexity index is 1320. The molecule has 1 aliphatic rings. The van der Waals surface area contributed by atoms with E-state index in [-0.39, 0.29) is 5.91 Å². The Morgan fingerprint density at radius 3 is 2.58 bits per heavy atom. The summed E-state index contributed by atoms with van der Waals surface area (Å²) in [6.45, 7) is 7.72. The number of amides is 1. The van der Waals surface area contributed by atoms with Crippen LogP contribution in [0, 0.1) is 0 Å². The van der Waals surface area contributed by atoms with Gasteiger partial charge in [0.2, 0.25) is 0 Å². The zero-order chi connectivity index (χ0) is 26.2. The number of pyridine rings is 1. The number of carbonyl (C=O) groups excluding carboxylic acids is 1. The molecular formula is C29H32N6O2S. The Kier molecular flexibility index (Phi) is 8.67. The fourth-order valence-corrected chi connectivity index (χ4v) is 5.09. The number of carbonyl (C=O) groups is 1. The van der Waals surface area contributed by atoms with Crippen molar-refractivity contribution in [3.63, 3.8) is 0 Å². The molecule has 1 aromatic carbocycles. The number of hydrogen-bond donors (Lipinski definition) is 1. The van der Waals surface area contributed by atoms with Crippen molar-refractivity contribution >= 4 is 23.5 Å². The number of nitrogens with zero attached hydrogens (tertiary/aromatic N) is 5. The lowest BCUT2D eigenvalue weighted by Gasteiger charge is -2.35. The molecule has 0 unspecified atom stereocenters. The average molecular weight is 529 g/mol. The van der Waals surface area contributed by atoms with Crippen molar-refractivity contribution in [3.8, 4) is 11.3 Å². The second kappa shape index (κ2) is 12.7. The van der Waals surface area contributed by atoms with Gasteiger partial charge in [0.1, 0.15) is 11.6 Å². The molecule has 3 aromatic heterocycles. The second-order valence-electron chi connectivity index (χ2n) is 9.06. The van der Waals surface area contributed by atoms with Crippen molar-refractivity contribution in [1.82, 2.24) is 25.2 Å². The number of nitrogens with one attached hydrogen (secondary N) is 1. The van der Waals surface area contributed by atoms with E-state index >= 15 is 0 Å². The van der Waals surface area contributed by atoms with Crippen LogP contribution in [0.25, 0.3) is 11.3 Å². The van der Waals surface area contributed by atoms with Crippen LogP contribution in [0.2, 0.25) is 0 Å². The Hall–Kier alpha value is -3.69. The average Bonchev–Trinajstić information content (AvgIpc) is 3.46. The molecule has 1 amide bonds. The third-order valence-electron chi connectivity index (χ3n) is 6.53. The minimum Gasteiger partial charge on any atom is -0.455 e. The van der Waals surface area contributed by atoms with E-state index in [1.165, 1.54) is 11.8 Å². The van der Waals surface area contributed by atoms with Crippen LogP contribution in [0.5, 0.6) is 0 Å². The standard InChI is InChI=1S/C29H32N6O2S/c1-2-34-16-18-35(19-17-34)27-20-25(22-8-4-3-5-9-22)32-29(33-27)38-21-24-11-12-26(37-24)28(36)31-15-13-23-10-6-7-14-30-23/h3-12,14,20H,2,13,15-19,21H2,1H3,(H,31,36). The summed E-state index contributed by atoms with van der Waals surface area (Å²) >= 11 is 1.51. The summed E-state index contributed by atoms with van der Waals surface area (Å²) in [6.07, 6.45) is 2.42. The van der Waals surface area contributed by atoms with Gasteiger partial charge in [0, 0.05) is 62.7 Å². The maximum Gasteiger partial charge on any atom is 0.287 e. The highest BCUT2D eigenvalue weighted by Crippen LogP contribution is 2.28. The first kappa shape index (κ1) is 25.9. The molecule has 0 aliphatic carbocycles. The fraction of sp³-hybridized carbons (Fsp3) is 0.310. The van der Waals surface area contributed by atoms with Crippen molar-refractivity contribution in [2.45, 2.75) is 24.3 Å². The van der Waals surface area contributed by atoms with E-state index in [0.29, 0.717) is 35.4 Å². The lowest BCUT2D eigenvalue weighted by Crippen LogP contribution is -2.46. The van der Waals surface area contributed by atoms with Gasteiger partial charge in [-0.1, -0.05) is 55.1 Å². The molecule has 0 saturated carbocycles. The van der Waals surface area contributed by atoms with Gasteiger partial charge in [-0.05, 0) is 30.8 Å². The Morgan fingerprint density at radius 1 is 1.00 bits per heavy atom. The topological polar surface area (TPSA) is 87.4 Å². The lowest BCUT2D eigenvalue weighted by molar-refractivity contribution is 0.0925. The number of thioether (sulfide) groups is 1. The molecule has 0 radical (unpaired) electrons. The van der Waals surface area contributed by atoms with Crippen LogP contribution in [-0.4, -0.2) is 65.0 Å². The highest BCUT2D eigenvalue weighted by Gasteiger charge is 2.19. The molecule has 196 valence electrons. The van der Waals surface area contributed by atoms with Crippen LogP contribution in [0.1, 0.15) is 28.9 Å². The summed E-state index contributed by atoms with van der Waals surface area (Å²) in [6, 6.07) is 21.6. The van der Waals surface area contributed by atoms with Crippen LogP contribution in [0.15, 0.2) is 82.5 Å². The Balaban J connectivity index is 1.24. The summed E-state index contributed by atoms with van der Waals surface area (Å²) in [5, 5.41) is 3.59. The molecule has 5 rings (SSSR count). The predicted octanol–water partition coefficient (Wildman–Crippen LogP) is 4.54. The van der Waals surface area contributed by atoms with E-state index in [9.17, 15) is 4.79 Å². The number of likely N-dealkylation sites (N-methyl/N-ethyl adjacent to an activating group) is 1. The van der Waals surface area contributed by atoms with E-state index < -0.39 is 0 Å². The van der Waals surface area contributed by atoms with Crippen molar-refractivity contribution in [2.75, 3.05) is 44.2 Å². The van der Waals surface area contributed by atoms with Gasteiger partial charge in [-0.2, -0.15) is 0 Å². The number of rotatable bonds is 10. The quantitative estimate of drug-likeness (QED) is 0.237. The molecule has 4 heterocycles. The zero-order valence-corrected chi connectivity index (χ0v) is 22.4. The molecule has 1 saturated heterocycles. The minimum atomic E-state index is -0.229. The van der Waals surface area contributed by atoms with Crippen molar-refractivity contribution < 1.29 is 9.21 Å². The fourth-order valence-electron chi connectivity index (χ4n) is 4.34. The van der Waals surface area contributed by atoms with Crippen molar-refractivity contribution in [3.05, 3.63) is 90.1 Å². The van der Waals surface area contributed by atoms with E-state index in [4.69, 9.17) is 14.4 Å². The maximum absolute atomic E-state index is 12.5. The van der Waals surface area contributed by atoms with Gasteiger partial charge in [0.15, 0.2) is 10.9 Å². The summed E-state index contributed by atoms with van der Waals surface area (Å²) < 4.78 is 5.84. The first-order valence-electron chi connectivity index (χ1n) is 13.0. The number of hydrogen-bond acceptors (Lipinski definition) is 8. The highest BCUT2D eigenvalue weighted by molar-refractivity contribution is 7.98. The molecule has 0 bridgehead atoms. The molecule has 0 spiro atoms. The second-order valence-corrected chi connectivity index (χ2v) is 10.0. The molecule has 1 aliphatic heterocycles. The van der Waals surface area contributed by atoms with Crippen LogP contribution in [-0.2, 0) is 12.2 Å². The summed E-state index contributed by atoms with van der Waals surface area (Å²) in [7, 11) is 0. The molecule has 1 fully saturated rings. The van der Waals surface area contributed by atoms with Crippen LogP contribution < -0.4 is 10.2 Å². The van der Waals surface area contributed by atoms with Crippen molar-refractivity contribution in [2.24, 2.45) is 0 Å².